The first-order chi connectivity index (χ1) is 12.7. The lowest BCUT2D eigenvalue weighted by Gasteiger charge is -2.07. The van der Waals surface area contributed by atoms with Gasteiger partial charge in [-0.05, 0) is 29.7 Å². The van der Waals surface area contributed by atoms with Crippen LogP contribution in [0.25, 0.3) is 11.1 Å². The molecule has 0 spiro atoms. The van der Waals surface area contributed by atoms with E-state index in [0.29, 0.717) is 6.42 Å². The van der Waals surface area contributed by atoms with E-state index < -0.39 is 0 Å². The van der Waals surface area contributed by atoms with Crippen LogP contribution in [0, 0.1) is 5.82 Å². The normalized spacial score (nSPS) is 10.7. The molecule has 0 unspecified atom stereocenters. The molecule has 0 saturated carbocycles. The van der Waals surface area contributed by atoms with Crippen LogP contribution >= 0.6 is 0 Å². The second kappa shape index (κ2) is 10.7. The molecule has 0 saturated heterocycles. The lowest BCUT2D eigenvalue weighted by molar-refractivity contribution is 0.0979. The van der Waals surface area contributed by atoms with Crippen molar-refractivity contribution in [3.8, 4) is 16.9 Å². The number of hydrogen-bond donors (Lipinski definition) is 0. The Morgan fingerprint density at radius 1 is 0.885 bits per heavy atom. The minimum atomic E-state index is -0.385. The van der Waals surface area contributed by atoms with Crippen LogP contribution in [0.5, 0.6) is 5.75 Å². The molecule has 0 aliphatic heterocycles. The van der Waals surface area contributed by atoms with Crippen molar-refractivity contribution in [1.29, 1.82) is 0 Å². The molecule has 0 bridgehead atoms. The monoisotopic (exact) mass is 356 g/mol. The number of unbranched alkanes of at least 4 members (excludes halogenated alkanes) is 6. The zero-order chi connectivity index (χ0) is 18.8. The number of methoxy groups -OCH3 is 1. The molecule has 2 aromatic rings. The second-order valence-corrected chi connectivity index (χ2v) is 6.72. The Morgan fingerprint density at radius 3 is 2.12 bits per heavy atom. The minimum absolute atomic E-state index is 0.186. The van der Waals surface area contributed by atoms with E-state index in [-0.39, 0.29) is 17.3 Å². The first kappa shape index (κ1) is 20.2. The number of hydrogen-bond acceptors (Lipinski definition) is 2. The molecule has 0 heterocycles. The van der Waals surface area contributed by atoms with E-state index in [1.165, 1.54) is 45.3 Å². The van der Waals surface area contributed by atoms with Crippen molar-refractivity contribution in [2.45, 2.75) is 58.3 Å². The number of halogens is 1. The van der Waals surface area contributed by atoms with Gasteiger partial charge in [-0.3, -0.25) is 4.79 Å². The molecule has 0 amide bonds. The zero-order valence-electron chi connectivity index (χ0n) is 15.9. The van der Waals surface area contributed by atoms with Gasteiger partial charge in [-0.25, -0.2) is 4.39 Å². The smallest absolute Gasteiger partial charge is 0.165 e. The molecule has 26 heavy (non-hydrogen) atoms. The largest absolute Gasteiger partial charge is 0.494 e. The minimum Gasteiger partial charge on any atom is -0.494 e. The lowest BCUT2D eigenvalue weighted by Crippen LogP contribution is -1.98. The molecule has 2 rings (SSSR count). The first-order valence-electron chi connectivity index (χ1n) is 9.63. The molecule has 0 fully saturated rings. The van der Waals surface area contributed by atoms with Crippen molar-refractivity contribution in [2.75, 3.05) is 7.11 Å². The molecule has 0 radical (unpaired) electrons. The summed E-state index contributed by atoms with van der Waals surface area (Å²) >= 11 is 0. The number of carbonyl (C=O) groups is 1. The average molecular weight is 356 g/mol. The predicted molar refractivity (Wildman–Crippen MR) is 105 cm³/mol. The van der Waals surface area contributed by atoms with Crippen LogP contribution < -0.4 is 4.74 Å². The molecule has 0 N–H and O–H groups in total. The maximum absolute atomic E-state index is 13.8. The van der Waals surface area contributed by atoms with Gasteiger partial charge < -0.3 is 4.74 Å². The molecule has 2 aromatic carbocycles. The third-order valence-corrected chi connectivity index (χ3v) is 4.70. The van der Waals surface area contributed by atoms with Crippen molar-refractivity contribution in [1.82, 2.24) is 0 Å². The van der Waals surface area contributed by atoms with E-state index in [0.717, 1.165) is 29.5 Å². The van der Waals surface area contributed by atoms with Crippen molar-refractivity contribution in [2.24, 2.45) is 0 Å². The zero-order valence-corrected chi connectivity index (χ0v) is 15.9. The fraction of sp³-hybridized carbons (Fsp3) is 0.435. The topological polar surface area (TPSA) is 26.3 Å². The van der Waals surface area contributed by atoms with Gasteiger partial charge in [0.05, 0.1) is 7.11 Å². The highest BCUT2D eigenvalue weighted by molar-refractivity contribution is 5.96. The fourth-order valence-electron chi connectivity index (χ4n) is 3.08. The Hall–Kier alpha value is -2.16. The van der Waals surface area contributed by atoms with Crippen LogP contribution in [-0.2, 0) is 0 Å². The Morgan fingerprint density at radius 2 is 1.50 bits per heavy atom. The molecular formula is C23H29FO2. The second-order valence-electron chi connectivity index (χ2n) is 6.72. The summed E-state index contributed by atoms with van der Waals surface area (Å²) in [6.45, 7) is 2.22. The molecule has 0 aliphatic rings. The van der Waals surface area contributed by atoms with Gasteiger partial charge in [-0.2, -0.15) is 0 Å². The highest BCUT2D eigenvalue weighted by Crippen LogP contribution is 2.26. The number of ether oxygens (including phenoxy) is 1. The summed E-state index contributed by atoms with van der Waals surface area (Å²) in [5, 5.41) is 0. The number of rotatable bonds is 11. The van der Waals surface area contributed by atoms with Gasteiger partial charge in [0, 0.05) is 12.0 Å². The van der Waals surface area contributed by atoms with E-state index in [1.54, 1.807) is 6.07 Å². The van der Waals surface area contributed by atoms with Gasteiger partial charge in [0.1, 0.15) is 0 Å². The summed E-state index contributed by atoms with van der Waals surface area (Å²) in [6.07, 6.45) is 9.04. The van der Waals surface area contributed by atoms with Gasteiger partial charge >= 0.3 is 0 Å². The maximum Gasteiger partial charge on any atom is 0.165 e. The quantitative estimate of drug-likeness (QED) is 0.326. The summed E-state index contributed by atoms with van der Waals surface area (Å²) in [5.41, 5.74) is 2.39. The van der Waals surface area contributed by atoms with Gasteiger partial charge in [-0.1, -0.05) is 75.8 Å². The van der Waals surface area contributed by atoms with Gasteiger partial charge in [0.15, 0.2) is 17.3 Å². The third kappa shape index (κ3) is 5.98. The van der Waals surface area contributed by atoms with Gasteiger partial charge in [0.2, 0.25) is 0 Å². The molecule has 2 nitrogen and oxygen atoms in total. The predicted octanol–water partition coefficient (Wildman–Crippen LogP) is 6.82. The number of benzene rings is 2. The molecule has 3 heteroatoms. The van der Waals surface area contributed by atoms with Crippen LogP contribution in [0.2, 0.25) is 0 Å². The van der Waals surface area contributed by atoms with Crippen molar-refractivity contribution < 1.29 is 13.9 Å². The lowest BCUT2D eigenvalue weighted by atomic mass is 9.99. The first-order valence-corrected chi connectivity index (χ1v) is 9.63. The highest BCUT2D eigenvalue weighted by atomic mass is 19.1. The Kier molecular flexibility index (Phi) is 8.33. The van der Waals surface area contributed by atoms with Crippen LogP contribution in [0.15, 0.2) is 42.5 Å². The van der Waals surface area contributed by atoms with Crippen LogP contribution in [0.3, 0.4) is 0 Å². The van der Waals surface area contributed by atoms with E-state index in [1.807, 2.05) is 30.3 Å². The van der Waals surface area contributed by atoms with E-state index >= 15 is 0 Å². The van der Waals surface area contributed by atoms with Crippen molar-refractivity contribution in [3.05, 3.63) is 53.8 Å². The van der Waals surface area contributed by atoms with Crippen LogP contribution in [0.1, 0.15) is 68.6 Å². The summed E-state index contributed by atoms with van der Waals surface area (Å²) in [5.74, 6) is 0.0327. The summed E-state index contributed by atoms with van der Waals surface area (Å²) < 4.78 is 18.8. The van der Waals surface area contributed by atoms with E-state index in [2.05, 4.69) is 6.92 Å². The molecule has 0 aliphatic carbocycles. The number of ketones is 1. The van der Waals surface area contributed by atoms with Crippen molar-refractivity contribution >= 4 is 5.78 Å². The van der Waals surface area contributed by atoms with Gasteiger partial charge in [-0.15, -0.1) is 0 Å². The molecule has 0 atom stereocenters. The Bertz CT molecular complexity index is 692. The summed E-state index contributed by atoms with van der Waals surface area (Å²) in [7, 11) is 1.45. The number of carbonyl (C=O) groups excluding carboxylic acids is 1. The highest BCUT2D eigenvalue weighted by Gasteiger charge is 2.08. The summed E-state index contributed by atoms with van der Waals surface area (Å²) in [6, 6.07) is 12.3. The van der Waals surface area contributed by atoms with E-state index in [4.69, 9.17) is 4.74 Å². The standard InChI is InChI=1S/C23H29FO2/c1-3-4-5-6-7-8-9-10-22(25)19-13-11-18(12-14-19)20-15-16-23(26-2)21(24)17-20/h11-17H,3-10H2,1-2H3. The number of Topliss-reactive ketones (excluding diaryl/α,β-unsaturated/α-hetero) is 1. The molecule has 140 valence electrons. The Balaban J connectivity index is 1.84. The summed E-state index contributed by atoms with van der Waals surface area (Å²) in [4.78, 5) is 12.3. The third-order valence-electron chi connectivity index (χ3n) is 4.70. The van der Waals surface area contributed by atoms with Crippen molar-refractivity contribution in [3.63, 3.8) is 0 Å². The van der Waals surface area contributed by atoms with Crippen LogP contribution in [0.4, 0.5) is 4.39 Å². The van der Waals surface area contributed by atoms with Crippen LogP contribution in [-0.4, -0.2) is 12.9 Å². The molecule has 0 aromatic heterocycles. The van der Waals surface area contributed by atoms with E-state index in [9.17, 15) is 9.18 Å². The maximum atomic E-state index is 13.8. The average Bonchev–Trinajstić information content (AvgIpc) is 2.67. The Labute approximate surface area is 156 Å². The fourth-order valence-corrected chi connectivity index (χ4v) is 3.08. The molecular weight excluding hydrogens is 327 g/mol. The van der Waals surface area contributed by atoms with Gasteiger partial charge in [0.25, 0.3) is 0 Å². The SMILES string of the molecule is CCCCCCCCCC(=O)c1ccc(-c2ccc(OC)c(F)c2)cc1.